The van der Waals surface area contributed by atoms with Gasteiger partial charge in [0.05, 0.1) is 7.11 Å². The molecular formula is C25H38O3. The summed E-state index contributed by atoms with van der Waals surface area (Å²) in [5.74, 6) is 4.03. The van der Waals surface area contributed by atoms with Crippen LogP contribution in [-0.2, 0) is 14.3 Å². The van der Waals surface area contributed by atoms with Gasteiger partial charge < -0.3 is 4.74 Å². The molecule has 28 heavy (non-hydrogen) atoms. The summed E-state index contributed by atoms with van der Waals surface area (Å²) in [6.07, 6.45) is 13.1. The molecule has 3 nitrogen and oxygen atoms in total. The monoisotopic (exact) mass is 386 g/mol. The first-order valence-electron chi connectivity index (χ1n) is 11.6. The molecule has 0 unspecified atom stereocenters. The lowest BCUT2D eigenvalue weighted by Crippen LogP contribution is -2.51. The molecular weight excluding hydrogens is 348 g/mol. The van der Waals surface area contributed by atoms with E-state index in [9.17, 15) is 9.59 Å². The predicted octanol–water partition coefficient (Wildman–Crippen LogP) is 5.72. The van der Waals surface area contributed by atoms with Gasteiger partial charge in [-0.25, -0.2) is 0 Å². The van der Waals surface area contributed by atoms with Gasteiger partial charge in [-0.15, -0.1) is 0 Å². The van der Waals surface area contributed by atoms with Gasteiger partial charge in [0.15, 0.2) is 5.78 Å². The van der Waals surface area contributed by atoms with Crippen LogP contribution in [0.4, 0.5) is 0 Å². The van der Waals surface area contributed by atoms with Crippen molar-refractivity contribution >= 4 is 11.8 Å². The minimum atomic E-state index is -0.0679. The lowest BCUT2D eigenvalue weighted by atomic mass is 9.46. The first-order valence-corrected chi connectivity index (χ1v) is 11.6. The average Bonchev–Trinajstić information content (AvgIpc) is 3.03. The first-order chi connectivity index (χ1) is 13.3. The normalized spacial score (nSPS) is 43.4. The first kappa shape index (κ1) is 20.2. The summed E-state index contributed by atoms with van der Waals surface area (Å²) in [4.78, 5) is 23.6. The van der Waals surface area contributed by atoms with Gasteiger partial charge in [0.1, 0.15) is 0 Å². The van der Waals surface area contributed by atoms with Gasteiger partial charge >= 0.3 is 5.97 Å². The zero-order valence-corrected chi connectivity index (χ0v) is 18.3. The molecule has 0 aromatic heterocycles. The standard InChI is InChI=1S/C25H38O3/c1-16(5-10-23(27)28-4)20-8-9-21-19-7-6-17-15-18(26)11-13-24(17,2)22(19)12-14-25(20,21)3/h15-16,19-22H,5-14H2,1-4H3/t16-,19-,20-,21+,22-,24+,25-/m1/s1. The third-order valence-corrected chi connectivity index (χ3v) is 9.75. The molecule has 0 saturated heterocycles. The number of ether oxygens (including phenoxy) is 1. The van der Waals surface area contributed by atoms with Crippen molar-refractivity contribution in [2.24, 2.45) is 40.4 Å². The zero-order chi connectivity index (χ0) is 20.1. The van der Waals surface area contributed by atoms with E-state index in [4.69, 9.17) is 4.74 Å². The highest BCUT2D eigenvalue weighted by atomic mass is 16.5. The number of esters is 1. The fraction of sp³-hybridized carbons (Fsp3) is 0.840. The van der Waals surface area contributed by atoms with Crippen LogP contribution >= 0.6 is 0 Å². The Morgan fingerprint density at radius 2 is 1.93 bits per heavy atom. The summed E-state index contributed by atoms with van der Waals surface area (Å²) < 4.78 is 4.87. The molecule has 0 bridgehead atoms. The molecule has 0 N–H and O–H groups in total. The van der Waals surface area contributed by atoms with E-state index < -0.39 is 0 Å². The second-order valence-corrected chi connectivity index (χ2v) is 10.8. The SMILES string of the molecule is COC(=O)CC[C@@H](C)[C@H]1CC[C@H]2[C@H]3CCC4=CC(=O)CC[C@]4(C)[C@@H]3CC[C@]12C. The maximum Gasteiger partial charge on any atom is 0.305 e. The molecule has 0 aromatic rings. The summed E-state index contributed by atoms with van der Waals surface area (Å²) in [5.41, 5.74) is 2.17. The summed E-state index contributed by atoms with van der Waals surface area (Å²) in [7, 11) is 1.49. The van der Waals surface area contributed by atoms with Crippen molar-refractivity contribution < 1.29 is 14.3 Å². The smallest absolute Gasteiger partial charge is 0.305 e. The molecule has 0 radical (unpaired) electrons. The molecule has 7 atom stereocenters. The van der Waals surface area contributed by atoms with E-state index in [1.807, 2.05) is 6.08 Å². The Labute approximate surface area is 170 Å². The minimum absolute atomic E-state index is 0.0679. The van der Waals surface area contributed by atoms with Crippen molar-refractivity contribution in [1.29, 1.82) is 0 Å². The Morgan fingerprint density at radius 3 is 2.68 bits per heavy atom. The second-order valence-electron chi connectivity index (χ2n) is 10.8. The van der Waals surface area contributed by atoms with Crippen LogP contribution in [0.1, 0.15) is 85.0 Å². The number of hydrogen-bond donors (Lipinski definition) is 0. The summed E-state index contributed by atoms with van der Waals surface area (Å²) >= 11 is 0. The average molecular weight is 387 g/mol. The molecule has 0 amide bonds. The van der Waals surface area contributed by atoms with E-state index in [1.165, 1.54) is 44.8 Å². The van der Waals surface area contributed by atoms with Crippen molar-refractivity contribution in [3.63, 3.8) is 0 Å². The van der Waals surface area contributed by atoms with E-state index in [1.54, 1.807) is 0 Å². The van der Waals surface area contributed by atoms with Crippen LogP contribution in [0.15, 0.2) is 11.6 Å². The lowest BCUT2D eigenvalue weighted by molar-refractivity contribution is -0.141. The van der Waals surface area contributed by atoms with Crippen LogP contribution in [0.3, 0.4) is 0 Å². The number of fused-ring (bicyclic) bond motifs is 5. The van der Waals surface area contributed by atoms with Gasteiger partial charge in [-0.2, -0.15) is 0 Å². The van der Waals surface area contributed by atoms with Crippen LogP contribution < -0.4 is 0 Å². The Kier molecular flexibility index (Phi) is 5.25. The Hall–Kier alpha value is -1.12. The Balaban J connectivity index is 1.51. The van der Waals surface area contributed by atoms with E-state index in [-0.39, 0.29) is 11.4 Å². The fourth-order valence-corrected chi connectivity index (χ4v) is 8.18. The van der Waals surface area contributed by atoms with Gasteiger partial charge in [0.2, 0.25) is 0 Å². The van der Waals surface area contributed by atoms with Gasteiger partial charge in [-0.3, -0.25) is 9.59 Å². The molecule has 3 saturated carbocycles. The van der Waals surface area contributed by atoms with E-state index in [0.717, 1.165) is 49.4 Å². The Morgan fingerprint density at radius 1 is 1.14 bits per heavy atom. The van der Waals surface area contributed by atoms with Crippen LogP contribution in [0.5, 0.6) is 0 Å². The van der Waals surface area contributed by atoms with Crippen molar-refractivity contribution in [2.45, 2.75) is 85.0 Å². The largest absolute Gasteiger partial charge is 0.469 e. The van der Waals surface area contributed by atoms with Crippen molar-refractivity contribution in [3.05, 3.63) is 11.6 Å². The molecule has 0 aliphatic heterocycles. The number of methoxy groups -OCH3 is 1. The third-order valence-electron chi connectivity index (χ3n) is 9.75. The van der Waals surface area contributed by atoms with Gasteiger partial charge in [0, 0.05) is 12.8 Å². The highest BCUT2D eigenvalue weighted by molar-refractivity contribution is 5.91. The van der Waals surface area contributed by atoms with Crippen LogP contribution in [0, 0.1) is 40.4 Å². The highest BCUT2D eigenvalue weighted by Crippen LogP contribution is 2.67. The number of ketones is 1. The molecule has 4 aliphatic carbocycles. The lowest BCUT2D eigenvalue weighted by Gasteiger charge is -2.58. The number of allylic oxidation sites excluding steroid dienone is 1. The van der Waals surface area contributed by atoms with Gasteiger partial charge in [-0.1, -0.05) is 26.3 Å². The van der Waals surface area contributed by atoms with Crippen molar-refractivity contribution in [1.82, 2.24) is 0 Å². The second kappa shape index (κ2) is 7.29. The zero-order valence-electron chi connectivity index (χ0n) is 18.3. The number of carbonyl (C=O) groups excluding carboxylic acids is 2. The van der Waals surface area contributed by atoms with Gasteiger partial charge in [0.25, 0.3) is 0 Å². The molecule has 156 valence electrons. The summed E-state index contributed by atoms with van der Waals surface area (Å²) in [5, 5.41) is 0. The van der Waals surface area contributed by atoms with Crippen LogP contribution in [0.25, 0.3) is 0 Å². The van der Waals surface area contributed by atoms with E-state index in [0.29, 0.717) is 23.5 Å². The maximum absolute atomic E-state index is 12.0. The van der Waals surface area contributed by atoms with Crippen LogP contribution in [-0.4, -0.2) is 18.9 Å². The molecule has 0 heterocycles. The number of carbonyl (C=O) groups is 2. The minimum Gasteiger partial charge on any atom is -0.469 e. The summed E-state index contributed by atoms with van der Waals surface area (Å²) in [6, 6.07) is 0. The molecule has 0 spiro atoms. The number of rotatable bonds is 4. The topological polar surface area (TPSA) is 43.4 Å². The van der Waals surface area contributed by atoms with Crippen LogP contribution in [0.2, 0.25) is 0 Å². The molecule has 3 heteroatoms. The molecule has 4 rings (SSSR count). The third kappa shape index (κ3) is 3.08. The van der Waals surface area contributed by atoms with E-state index >= 15 is 0 Å². The Bertz CT molecular complexity index is 679. The molecule has 4 aliphatic rings. The van der Waals surface area contributed by atoms with Crippen molar-refractivity contribution in [3.8, 4) is 0 Å². The summed E-state index contributed by atoms with van der Waals surface area (Å²) in [6.45, 7) is 7.40. The van der Waals surface area contributed by atoms with E-state index in [2.05, 4.69) is 20.8 Å². The quantitative estimate of drug-likeness (QED) is 0.580. The molecule has 3 fully saturated rings. The van der Waals surface area contributed by atoms with Gasteiger partial charge in [-0.05, 0) is 97.9 Å². The van der Waals surface area contributed by atoms with Crippen molar-refractivity contribution in [2.75, 3.05) is 7.11 Å². The predicted molar refractivity (Wildman–Crippen MR) is 111 cm³/mol. The molecule has 0 aromatic carbocycles. The fourth-order valence-electron chi connectivity index (χ4n) is 8.18. The maximum atomic E-state index is 12.0. The number of hydrogen-bond acceptors (Lipinski definition) is 3. The highest BCUT2D eigenvalue weighted by Gasteiger charge is 2.59.